The zero-order valence-corrected chi connectivity index (χ0v) is 19.3. The van der Waals surface area contributed by atoms with Gasteiger partial charge in [-0.25, -0.2) is 14.4 Å². The average Bonchev–Trinajstić information content (AvgIpc) is 3.22. The van der Waals surface area contributed by atoms with E-state index in [0.29, 0.717) is 29.7 Å². The molecule has 1 aliphatic carbocycles. The van der Waals surface area contributed by atoms with Crippen LogP contribution in [-0.4, -0.2) is 37.6 Å². The third-order valence-corrected chi connectivity index (χ3v) is 6.08. The Balaban J connectivity index is 1.43. The van der Waals surface area contributed by atoms with Crippen LogP contribution in [0.25, 0.3) is 22.2 Å². The number of carbonyl (C=O) groups is 2. The third-order valence-electron chi connectivity index (χ3n) is 6.08. The SMILES string of the molecule is CC#CC(=O)N[C@H]1C[C@@H](n2nc(-c3ccc(C(=O)Nc4ccccn4)cc3F)c3c(N)nccc32)C1. The van der Waals surface area contributed by atoms with Crippen molar-refractivity contribution in [3.8, 4) is 23.1 Å². The number of pyridine rings is 2. The van der Waals surface area contributed by atoms with E-state index in [2.05, 4.69) is 32.4 Å². The molecule has 5 rings (SSSR count). The number of nitrogens with one attached hydrogen (secondary N) is 2. The van der Waals surface area contributed by atoms with Gasteiger partial charge in [0, 0.05) is 29.6 Å². The summed E-state index contributed by atoms with van der Waals surface area (Å²) in [6.45, 7) is 1.61. The summed E-state index contributed by atoms with van der Waals surface area (Å²) in [5, 5.41) is 10.7. The minimum Gasteiger partial charge on any atom is -0.383 e. The van der Waals surface area contributed by atoms with Crippen LogP contribution >= 0.6 is 0 Å². The largest absolute Gasteiger partial charge is 0.383 e. The van der Waals surface area contributed by atoms with Crippen LogP contribution < -0.4 is 16.4 Å². The van der Waals surface area contributed by atoms with Gasteiger partial charge in [0.25, 0.3) is 11.8 Å². The molecule has 3 aromatic heterocycles. The van der Waals surface area contributed by atoms with E-state index in [9.17, 15) is 9.59 Å². The van der Waals surface area contributed by atoms with Gasteiger partial charge in [0.15, 0.2) is 0 Å². The number of hydrogen-bond acceptors (Lipinski definition) is 6. The number of benzene rings is 1. The van der Waals surface area contributed by atoms with Crippen LogP contribution in [0.5, 0.6) is 0 Å². The van der Waals surface area contributed by atoms with Crippen LogP contribution in [0.2, 0.25) is 0 Å². The molecule has 1 saturated carbocycles. The Bertz CT molecular complexity index is 1530. The van der Waals surface area contributed by atoms with Crippen LogP contribution in [0.15, 0.2) is 54.9 Å². The molecule has 1 aromatic carbocycles. The summed E-state index contributed by atoms with van der Waals surface area (Å²) in [5.41, 5.74) is 7.59. The van der Waals surface area contributed by atoms with E-state index in [1.807, 2.05) is 0 Å². The predicted octanol–water partition coefficient (Wildman–Crippen LogP) is 3.31. The van der Waals surface area contributed by atoms with Gasteiger partial charge in [-0.15, -0.1) is 0 Å². The number of amides is 2. The molecule has 0 unspecified atom stereocenters. The first kappa shape index (κ1) is 23.0. The highest BCUT2D eigenvalue weighted by atomic mass is 19.1. The molecular weight excluding hydrogens is 461 g/mol. The number of anilines is 2. The molecular formula is C26H22FN7O2. The number of nitrogen functional groups attached to an aromatic ring is 1. The van der Waals surface area contributed by atoms with Gasteiger partial charge in [0.05, 0.1) is 16.9 Å². The Hall–Kier alpha value is -4.78. The van der Waals surface area contributed by atoms with E-state index >= 15 is 4.39 Å². The molecule has 0 spiro atoms. The van der Waals surface area contributed by atoms with Gasteiger partial charge in [-0.05, 0) is 62.1 Å². The van der Waals surface area contributed by atoms with Gasteiger partial charge in [-0.2, -0.15) is 5.10 Å². The number of fused-ring (bicyclic) bond motifs is 1. The van der Waals surface area contributed by atoms with Crippen molar-refractivity contribution in [3.05, 3.63) is 66.2 Å². The number of aromatic nitrogens is 4. The number of rotatable bonds is 5. The molecule has 0 aliphatic heterocycles. The minimum absolute atomic E-state index is 0.00517. The number of nitrogens with zero attached hydrogens (tertiary/aromatic N) is 4. The van der Waals surface area contributed by atoms with Crippen LogP contribution in [-0.2, 0) is 4.79 Å². The third kappa shape index (κ3) is 4.34. The lowest BCUT2D eigenvalue weighted by molar-refractivity contribution is -0.117. The van der Waals surface area contributed by atoms with E-state index in [1.165, 1.54) is 12.1 Å². The molecule has 0 bridgehead atoms. The van der Waals surface area contributed by atoms with E-state index in [-0.39, 0.29) is 34.9 Å². The summed E-state index contributed by atoms with van der Waals surface area (Å²) in [4.78, 5) is 32.5. The molecule has 180 valence electrons. The maximum atomic E-state index is 15.3. The first-order valence-corrected chi connectivity index (χ1v) is 11.3. The average molecular weight is 484 g/mol. The van der Waals surface area contributed by atoms with Gasteiger partial charge in [-0.1, -0.05) is 12.0 Å². The fraction of sp³-hybridized carbons (Fsp3) is 0.192. The second-order valence-electron chi connectivity index (χ2n) is 8.42. The van der Waals surface area contributed by atoms with E-state index in [4.69, 9.17) is 10.8 Å². The molecule has 0 saturated heterocycles. The summed E-state index contributed by atoms with van der Waals surface area (Å²) >= 11 is 0. The molecule has 9 nitrogen and oxygen atoms in total. The van der Waals surface area contributed by atoms with Crippen molar-refractivity contribution in [2.45, 2.75) is 31.8 Å². The molecule has 4 N–H and O–H groups in total. The summed E-state index contributed by atoms with van der Waals surface area (Å²) in [6.07, 6.45) is 4.45. The molecule has 3 heterocycles. The van der Waals surface area contributed by atoms with Crippen molar-refractivity contribution in [2.75, 3.05) is 11.1 Å². The Kier molecular flexibility index (Phi) is 6.04. The van der Waals surface area contributed by atoms with Gasteiger partial charge in [0.2, 0.25) is 0 Å². The van der Waals surface area contributed by atoms with Crippen LogP contribution in [0.3, 0.4) is 0 Å². The second-order valence-corrected chi connectivity index (χ2v) is 8.42. The zero-order valence-electron chi connectivity index (χ0n) is 19.3. The first-order chi connectivity index (χ1) is 17.4. The number of nitrogens with two attached hydrogens (primary N) is 1. The molecule has 36 heavy (non-hydrogen) atoms. The highest BCUT2D eigenvalue weighted by Gasteiger charge is 2.34. The van der Waals surface area contributed by atoms with Crippen molar-refractivity contribution >= 4 is 34.4 Å². The number of halogens is 1. The Morgan fingerprint density at radius 3 is 2.69 bits per heavy atom. The van der Waals surface area contributed by atoms with Crippen molar-refractivity contribution in [3.63, 3.8) is 0 Å². The maximum Gasteiger partial charge on any atom is 0.296 e. The van der Waals surface area contributed by atoms with Crippen LogP contribution in [0.4, 0.5) is 16.0 Å². The van der Waals surface area contributed by atoms with Crippen molar-refractivity contribution in [2.24, 2.45) is 0 Å². The summed E-state index contributed by atoms with van der Waals surface area (Å²) in [5.74, 6) is 4.24. The van der Waals surface area contributed by atoms with E-state index in [0.717, 1.165) is 11.6 Å². The lowest BCUT2D eigenvalue weighted by Crippen LogP contribution is -2.44. The molecule has 4 aromatic rings. The predicted molar refractivity (Wildman–Crippen MR) is 133 cm³/mol. The molecule has 10 heteroatoms. The van der Waals surface area contributed by atoms with Crippen molar-refractivity contribution < 1.29 is 14.0 Å². The van der Waals surface area contributed by atoms with E-state index < -0.39 is 11.7 Å². The lowest BCUT2D eigenvalue weighted by atomic mass is 9.86. The number of hydrogen-bond donors (Lipinski definition) is 3. The first-order valence-electron chi connectivity index (χ1n) is 11.3. The molecule has 1 aliphatic rings. The normalized spacial score (nSPS) is 16.5. The smallest absolute Gasteiger partial charge is 0.296 e. The van der Waals surface area contributed by atoms with Gasteiger partial charge >= 0.3 is 0 Å². The van der Waals surface area contributed by atoms with E-state index in [1.54, 1.807) is 48.3 Å². The summed E-state index contributed by atoms with van der Waals surface area (Å²) < 4.78 is 17.1. The quantitative estimate of drug-likeness (QED) is 0.374. The van der Waals surface area contributed by atoms with Crippen molar-refractivity contribution in [1.29, 1.82) is 0 Å². The molecule has 2 amide bonds. The summed E-state index contributed by atoms with van der Waals surface area (Å²) in [7, 11) is 0. The van der Waals surface area contributed by atoms with Gasteiger partial charge in [0.1, 0.15) is 23.1 Å². The fourth-order valence-corrected chi connectivity index (χ4v) is 4.29. The van der Waals surface area contributed by atoms with Crippen molar-refractivity contribution in [1.82, 2.24) is 25.1 Å². The minimum atomic E-state index is -0.615. The Morgan fingerprint density at radius 2 is 1.97 bits per heavy atom. The standard InChI is InChI=1S/C26H22FN7O2/c1-2-5-22(35)31-16-13-17(14-16)34-20-9-11-30-25(28)23(20)24(33-34)18-8-7-15(12-19(18)27)26(36)32-21-6-3-4-10-29-21/h3-4,6-12,16-17H,13-14H2,1H3,(H2,28,30)(H,31,35)(H,29,32,36)/t16-,17+. The summed E-state index contributed by atoms with van der Waals surface area (Å²) in [6, 6.07) is 11.1. The van der Waals surface area contributed by atoms with Gasteiger partial charge < -0.3 is 16.4 Å². The van der Waals surface area contributed by atoms with Crippen LogP contribution in [0, 0.1) is 17.7 Å². The monoisotopic (exact) mass is 483 g/mol. The molecule has 1 fully saturated rings. The number of carbonyl (C=O) groups excluding carboxylic acids is 2. The highest BCUT2D eigenvalue weighted by Crippen LogP contribution is 2.39. The topological polar surface area (TPSA) is 128 Å². The Morgan fingerprint density at radius 1 is 1.14 bits per heavy atom. The van der Waals surface area contributed by atoms with Gasteiger partial charge in [-0.3, -0.25) is 14.3 Å². The molecule has 0 atom stereocenters. The van der Waals surface area contributed by atoms with Crippen LogP contribution in [0.1, 0.15) is 36.2 Å². The molecule has 0 radical (unpaired) electrons. The maximum absolute atomic E-state index is 15.3. The fourth-order valence-electron chi connectivity index (χ4n) is 4.29. The Labute approximate surface area is 205 Å². The highest BCUT2D eigenvalue weighted by molar-refractivity contribution is 6.05. The lowest BCUT2D eigenvalue weighted by Gasteiger charge is -2.35. The second kappa shape index (κ2) is 9.46. The zero-order chi connectivity index (χ0) is 25.2.